The topological polar surface area (TPSA) is 83.0 Å². The third-order valence-electron chi connectivity index (χ3n) is 3.90. The van der Waals surface area contributed by atoms with Crippen molar-refractivity contribution in [1.29, 1.82) is 0 Å². The maximum Gasteiger partial charge on any atom is 0.226 e. The molecule has 3 heterocycles. The number of nitrogens with two attached hydrogens (primary N) is 1. The van der Waals surface area contributed by atoms with Crippen LogP contribution in [0.15, 0.2) is 12.3 Å². The average molecular weight is 305 g/mol. The lowest BCUT2D eigenvalue weighted by Crippen LogP contribution is -2.34. The van der Waals surface area contributed by atoms with E-state index in [1.807, 2.05) is 6.92 Å². The molecule has 7 heteroatoms. The van der Waals surface area contributed by atoms with E-state index < -0.39 is 11.8 Å². The maximum atomic E-state index is 11.3. The molecule has 3 atom stereocenters. The number of nitrogen functional groups attached to an aromatic ring is 1. The Morgan fingerprint density at radius 2 is 2.43 bits per heavy atom. The van der Waals surface area contributed by atoms with Gasteiger partial charge in [0.1, 0.15) is 17.7 Å². The van der Waals surface area contributed by atoms with Crippen molar-refractivity contribution in [1.82, 2.24) is 14.5 Å². The maximum absolute atomic E-state index is 11.3. The van der Waals surface area contributed by atoms with Crippen LogP contribution in [0.5, 0.6) is 0 Å². The summed E-state index contributed by atoms with van der Waals surface area (Å²) in [7, 11) is 0. The van der Waals surface area contributed by atoms with Gasteiger partial charge in [0.15, 0.2) is 11.9 Å². The summed E-state index contributed by atoms with van der Waals surface area (Å²) in [5.74, 6) is 2.65. The highest BCUT2D eigenvalue weighted by Gasteiger charge is 2.46. The molecule has 2 aromatic rings. The largest absolute Gasteiger partial charge is 0.383 e. The van der Waals surface area contributed by atoms with Crippen molar-refractivity contribution >= 4 is 34.7 Å². The molecular weight excluding hydrogens is 292 g/mol. The molecule has 2 N–H and O–H groups in total. The molecule has 0 aromatic carbocycles. The Kier molecular flexibility index (Phi) is 3.12. The number of halogens is 1. The second-order valence-electron chi connectivity index (χ2n) is 5.10. The van der Waals surface area contributed by atoms with Gasteiger partial charge in [-0.1, -0.05) is 12.8 Å². The van der Waals surface area contributed by atoms with Crippen molar-refractivity contribution in [2.45, 2.75) is 25.2 Å². The highest BCUT2D eigenvalue weighted by molar-refractivity contribution is 6.28. The van der Waals surface area contributed by atoms with Crippen LogP contribution in [0.1, 0.15) is 19.6 Å². The predicted molar refractivity (Wildman–Crippen MR) is 78.5 cm³/mol. The number of hydrogen-bond donors (Lipinski definition) is 1. The number of hydrogen-bond acceptors (Lipinski definition) is 5. The summed E-state index contributed by atoms with van der Waals surface area (Å²) in [6.45, 7) is 1.89. The highest BCUT2D eigenvalue weighted by Crippen LogP contribution is 2.41. The van der Waals surface area contributed by atoms with Crippen molar-refractivity contribution in [2.24, 2.45) is 5.92 Å². The van der Waals surface area contributed by atoms with Gasteiger partial charge in [0.25, 0.3) is 0 Å². The number of ether oxygens (including phenoxy) is 1. The second kappa shape index (κ2) is 4.72. The zero-order valence-corrected chi connectivity index (χ0v) is 12.0. The first-order valence-electron chi connectivity index (χ1n) is 6.42. The molecule has 0 unspecified atom stereocenters. The number of anilines is 1. The molecular formula is C14H13ClN4O2. The van der Waals surface area contributed by atoms with Gasteiger partial charge >= 0.3 is 0 Å². The van der Waals surface area contributed by atoms with Gasteiger partial charge < -0.3 is 15.0 Å². The third-order valence-corrected chi connectivity index (χ3v) is 4.07. The number of nitrogens with zero attached hydrogens (tertiary/aromatic N) is 3. The number of aldehydes is 1. The first-order valence-corrected chi connectivity index (χ1v) is 6.80. The lowest BCUT2D eigenvalue weighted by atomic mass is 9.91. The first-order chi connectivity index (χ1) is 10.0. The highest BCUT2D eigenvalue weighted by atomic mass is 35.5. The Morgan fingerprint density at radius 3 is 3.05 bits per heavy atom. The molecule has 6 nitrogen and oxygen atoms in total. The molecule has 0 aliphatic carbocycles. The zero-order chi connectivity index (χ0) is 15.2. The minimum Gasteiger partial charge on any atom is -0.383 e. The zero-order valence-electron chi connectivity index (χ0n) is 11.3. The molecule has 0 radical (unpaired) electrons. The van der Waals surface area contributed by atoms with E-state index in [1.54, 1.807) is 16.8 Å². The Labute approximate surface area is 126 Å². The van der Waals surface area contributed by atoms with Gasteiger partial charge in [-0.2, -0.15) is 4.98 Å². The van der Waals surface area contributed by atoms with Crippen LogP contribution in [0.25, 0.3) is 11.0 Å². The molecule has 0 amide bonds. The van der Waals surface area contributed by atoms with Crippen LogP contribution >= 0.6 is 11.6 Å². The van der Waals surface area contributed by atoms with E-state index in [0.29, 0.717) is 29.6 Å². The average Bonchev–Trinajstić information content (AvgIpc) is 3.00. The number of aromatic nitrogens is 3. The van der Waals surface area contributed by atoms with E-state index in [9.17, 15) is 4.79 Å². The molecule has 2 aromatic heterocycles. The molecule has 1 aliphatic heterocycles. The summed E-state index contributed by atoms with van der Waals surface area (Å²) in [6, 6.07) is 1.78. The van der Waals surface area contributed by atoms with E-state index in [-0.39, 0.29) is 11.2 Å². The Balaban J connectivity index is 2.07. The lowest BCUT2D eigenvalue weighted by molar-refractivity contribution is -0.128. The van der Waals surface area contributed by atoms with Crippen LogP contribution in [0, 0.1) is 18.3 Å². The monoisotopic (exact) mass is 304 g/mol. The summed E-state index contributed by atoms with van der Waals surface area (Å²) in [6.07, 6.45) is 8.12. The van der Waals surface area contributed by atoms with E-state index in [2.05, 4.69) is 15.9 Å². The molecule has 3 rings (SSSR count). The number of terminal acetylenes is 1. The van der Waals surface area contributed by atoms with E-state index in [0.717, 1.165) is 0 Å². The first kappa shape index (κ1) is 13.9. The summed E-state index contributed by atoms with van der Waals surface area (Å²) in [5.41, 5.74) is 5.18. The van der Waals surface area contributed by atoms with Crippen molar-refractivity contribution in [3.8, 4) is 12.3 Å². The van der Waals surface area contributed by atoms with Crippen molar-refractivity contribution in [3.05, 3.63) is 17.5 Å². The van der Waals surface area contributed by atoms with Gasteiger partial charge in [0.05, 0.1) is 5.39 Å². The number of fused-ring (bicyclic) bond motifs is 1. The summed E-state index contributed by atoms with van der Waals surface area (Å²) >= 11 is 5.85. The van der Waals surface area contributed by atoms with Crippen LogP contribution in [0.2, 0.25) is 5.28 Å². The van der Waals surface area contributed by atoms with Gasteiger partial charge in [-0.25, -0.2) is 4.98 Å². The normalized spacial score (nSPS) is 28.6. The fourth-order valence-electron chi connectivity index (χ4n) is 2.65. The molecule has 1 fully saturated rings. The molecule has 0 spiro atoms. The summed E-state index contributed by atoms with van der Waals surface area (Å²) in [4.78, 5) is 19.4. The lowest BCUT2D eigenvalue weighted by Gasteiger charge is -2.20. The summed E-state index contributed by atoms with van der Waals surface area (Å²) in [5, 5.41) is 0.740. The van der Waals surface area contributed by atoms with Gasteiger partial charge in [-0.15, -0.1) is 6.42 Å². The van der Waals surface area contributed by atoms with Crippen LogP contribution in [-0.4, -0.2) is 26.4 Å². The van der Waals surface area contributed by atoms with E-state index in [4.69, 9.17) is 28.5 Å². The third kappa shape index (κ3) is 1.97. The second-order valence-corrected chi connectivity index (χ2v) is 5.44. The SMILES string of the molecule is C#C[C@]1(C=O)O[C@@H](n2ccc3c(N)nc(Cl)nc32)C[C@@H]1C. The minimum atomic E-state index is -1.20. The molecule has 0 bridgehead atoms. The van der Waals surface area contributed by atoms with E-state index >= 15 is 0 Å². The Hall–Kier alpha value is -2.10. The molecule has 21 heavy (non-hydrogen) atoms. The molecule has 108 valence electrons. The fourth-order valence-corrected chi connectivity index (χ4v) is 2.82. The van der Waals surface area contributed by atoms with Crippen LogP contribution in [0.4, 0.5) is 5.82 Å². The van der Waals surface area contributed by atoms with Crippen molar-refractivity contribution < 1.29 is 9.53 Å². The molecule has 1 saturated heterocycles. The van der Waals surface area contributed by atoms with Gasteiger partial charge in [-0.3, -0.25) is 4.79 Å². The Morgan fingerprint density at radius 1 is 1.67 bits per heavy atom. The van der Waals surface area contributed by atoms with E-state index in [1.165, 1.54) is 0 Å². The standard InChI is InChI=1S/C14H13ClN4O2/c1-3-14(7-20)8(2)6-10(21-14)19-5-4-9-11(16)17-13(15)18-12(9)19/h1,4-5,7-8,10H,6H2,2H3,(H2,16,17,18)/t8-,10+,14+/m0/s1. The molecule has 1 aliphatic rings. The number of carbonyl (C=O) groups is 1. The van der Waals surface area contributed by atoms with Gasteiger partial charge in [0.2, 0.25) is 5.28 Å². The van der Waals surface area contributed by atoms with Crippen LogP contribution in [0.3, 0.4) is 0 Å². The smallest absolute Gasteiger partial charge is 0.226 e. The summed E-state index contributed by atoms with van der Waals surface area (Å²) < 4.78 is 7.58. The number of rotatable bonds is 2. The minimum absolute atomic E-state index is 0.0598. The van der Waals surface area contributed by atoms with Gasteiger partial charge in [0, 0.05) is 12.1 Å². The number of carbonyl (C=O) groups excluding carboxylic acids is 1. The quantitative estimate of drug-likeness (QED) is 0.519. The predicted octanol–water partition coefficient (Wildman–Crippen LogP) is 1.79. The van der Waals surface area contributed by atoms with Crippen molar-refractivity contribution in [2.75, 3.05) is 5.73 Å². The fraction of sp³-hybridized carbons (Fsp3) is 0.357. The molecule has 0 saturated carbocycles. The Bertz CT molecular complexity index is 766. The van der Waals surface area contributed by atoms with Crippen molar-refractivity contribution in [3.63, 3.8) is 0 Å². The van der Waals surface area contributed by atoms with Gasteiger partial charge in [-0.05, 0) is 24.1 Å². The van der Waals surface area contributed by atoms with Crippen LogP contribution < -0.4 is 5.73 Å². The van der Waals surface area contributed by atoms with Crippen LogP contribution in [-0.2, 0) is 9.53 Å².